The predicted octanol–water partition coefficient (Wildman–Crippen LogP) is 2.85. The summed E-state index contributed by atoms with van der Waals surface area (Å²) in [6.45, 7) is 2.28. The Hall–Kier alpha value is -1.16. The Morgan fingerprint density at radius 3 is 2.41 bits per heavy atom. The van der Waals surface area contributed by atoms with Crippen LogP contribution in [0.4, 0.5) is 5.69 Å². The van der Waals surface area contributed by atoms with Gasteiger partial charge in [-0.25, -0.2) is 0 Å². The molecule has 0 amide bonds. The van der Waals surface area contributed by atoms with Gasteiger partial charge < -0.3 is 10.0 Å². The van der Waals surface area contributed by atoms with Crippen LogP contribution in [-0.2, 0) is 4.79 Å². The summed E-state index contributed by atoms with van der Waals surface area (Å²) < 4.78 is 0. The third-order valence-electron chi connectivity index (χ3n) is 2.92. The van der Waals surface area contributed by atoms with E-state index in [1.54, 1.807) is 0 Å². The first-order chi connectivity index (χ1) is 8.25. The molecule has 0 unspecified atom stereocenters. The number of aliphatic carboxylic acids is 1. The van der Waals surface area contributed by atoms with Gasteiger partial charge in [-0.3, -0.25) is 4.79 Å². The van der Waals surface area contributed by atoms with Crippen LogP contribution in [0, 0.1) is 0 Å². The molecule has 92 valence electrons. The average Bonchev–Trinajstić information content (AvgIpc) is 2.38. The maximum absolute atomic E-state index is 10.5. The van der Waals surface area contributed by atoms with Gasteiger partial charge >= 0.3 is 5.97 Å². The molecule has 1 aromatic carbocycles. The topological polar surface area (TPSA) is 40.5 Å². The van der Waals surface area contributed by atoms with Gasteiger partial charge in [-0.05, 0) is 43.5 Å². The molecule has 4 heteroatoms. The van der Waals surface area contributed by atoms with E-state index in [1.165, 1.54) is 36.7 Å². The maximum Gasteiger partial charge on any atom is 0.313 e. The van der Waals surface area contributed by atoms with Gasteiger partial charge in [0.1, 0.15) is 0 Å². The van der Waals surface area contributed by atoms with E-state index < -0.39 is 5.97 Å². The lowest BCUT2D eigenvalue weighted by atomic mass is 10.1. The van der Waals surface area contributed by atoms with E-state index in [0.29, 0.717) is 0 Å². The largest absolute Gasteiger partial charge is 0.481 e. The molecule has 3 nitrogen and oxygen atoms in total. The Morgan fingerprint density at radius 2 is 1.82 bits per heavy atom. The predicted molar refractivity (Wildman–Crippen MR) is 70.9 cm³/mol. The van der Waals surface area contributed by atoms with Crippen LogP contribution in [0.15, 0.2) is 29.2 Å². The Bertz CT molecular complexity index is 372. The molecule has 0 aromatic heterocycles. The molecular weight excluding hydrogens is 234 g/mol. The van der Waals surface area contributed by atoms with E-state index in [9.17, 15) is 4.79 Å². The molecule has 0 spiro atoms. The number of piperidine rings is 1. The molecule has 0 aliphatic carbocycles. The van der Waals surface area contributed by atoms with E-state index in [4.69, 9.17) is 5.11 Å². The van der Waals surface area contributed by atoms with Gasteiger partial charge in [-0.2, -0.15) is 0 Å². The molecule has 0 atom stereocenters. The normalized spacial score (nSPS) is 15.9. The van der Waals surface area contributed by atoms with E-state index in [2.05, 4.69) is 17.0 Å². The number of carbonyl (C=O) groups is 1. The third kappa shape index (κ3) is 3.66. The second kappa shape index (κ2) is 5.96. The second-order valence-electron chi connectivity index (χ2n) is 4.22. The van der Waals surface area contributed by atoms with Crippen LogP contribution >= 0.6 is 11.8 Å². The Kier molecular flexibility index (Phi) is 4.31. The lowest BCUT2D eigenvalue weighted by Gasteiger charge is -2.28. The smallest absolute Gasteiger partial charge is 0.313 e. The molecule has 0 bridgehead atoms. The molecule has 0 saturated carbocycles. The van der Waals surface area contributed by atoms with Crippen LogP contribution in [0.5, 0.6) is 0 Å². The molecule has 1 aliphatic heterocycles. The zero-order chi connectivity index (χ0) is 12.1. The number of carboxylic acids is 1. The van der Waals surface area contributed by atoms with Crippen molar-refractivity contribution in [2.24, 2.45) is 0 Å². The van der Waals surface area contributed by atoms with Crippen molar-refractivity contribution in [1.82, 2.24) is 0 Å². The van der Waals surface area contributed by atoms with Crippen LogP contribution in [-0.4, -0.2) is 29.9 Å². The first-order valence-corrected chi connectivity index (χ1v) is 6.94. The zero-order valence-corrected chi connectivity index (χ0v) is 10.6. The van der Waals surface area contributed by atoms with Gasteiger partial charge in [0.25, 0.3) is 0 Å². The minimum Gasteiger partial charge on any atom is -0.481 e. The van der Waals surface area contributed by atoms with Crippen molar-refractivity contribution in [1.29, 1.82) is 0 Å². The summed E-state index contributed by atoms with van der Waals surface area (Å²) in [6, 6.07) is 8.21. The molecule has 1 fully saturated rings. The first-order valence-electron chi connectivity index (χ1n) is 5.95. The van der Waals surface area contributed by atoms with E-state index in [1.807, 2.05) is 12.1 Å². The molecule has 0 radical (unpaired) electrons. The summed E-state index contributed by atoms with van der Waals surface area (Å²) in [5.41, 5.74) is 1.25. The van der Waals surface area contributed by atoms with Gasteiger partial charge in [0.15, 0.2) is 0 Å². The van der Waals surface area contributed by atoms with Crippen LogP contribution in [0.1, 0.15) is 19.3 Å². The first kappa shape index (κ1) is 12.3. The van der Waals surface area contributed by atoms with E-state index >= 15 is 0 Å². The van der Waals surface area contributed by atoms with Crippen molar-refractivity contribution < 1.29 is 9.90 Å². The quantitative estimate of drug-likeness (QED) is 0.835. The number of rotatable bonds is 4. The Morgan fingerprint density at radius 1 is 1.18 bits per heavy atom. The summed E-state index contributed by atoms with van der Waals surface area (Å²) in [4.78, 5) is 13.9. The highest BCUT2D eigenvalue weighted by Gasteiger charge is 2.10. The monoisotopic (exact) mass is 251 g/mol. The van der Waals surface area contributed by atoms with Gasteiger partial charge in [-0.1, -0.05) is 0 Å². The van der Waals surface area contributed by atoms with Gasteiger partial charge in [0, 0.05) is 23.7 Å². The fourth-order valence-electron chi connectivity index (χ4n) is 2.05. The summed E-state index contributed by atoms with van der Waals surface area (Å²) in [5.74, 6) is -0.640. The highest BCUT2D eigenvalue weighted by atomic mass is 32.2. The minimum atomic E-state index is -0.768. The van der Waals surface area contributed by atoms with Crippen LogP contribution in [0.3, 0.4) is 0 Å². The average molecular weight is 251 g/mol. The minimum absolute atomic E-state index is 0.128. The van der Waals surface area contributed by atoms with Crippen molar-refractivity contribution in [3.05, 3.63) is 24.3 Å². The van der Waals surface area contributed by atoms with Crippen molar-refractivity contribution >= 4 is 23.4 Å². The van der Waals surface area contributed by atoms with E-state index in [0.717, 1.165) is 18.0 Å². The summed E-state index contributed by atoms with van der Waals surface area (Å²) >= 11 is 1.37. The molecule has 2 rings (SSSR count). The molecule has 1 saturated heterocycles. The maximum atomic E-state index is 10.5. The number of anilines is 1. The van der Waals surface area contributed by atoms with E-state index in [-0.39, 0.29) is 5.75 Å². The van der Waals surface area contributed by atoms with Crippen LogP contribution < -0.4 is 4.90 Å². The van der Waals surface area contributed by atoms with Crippen LogP contribution in [0.2, 0.25) is 0 Å². The third-order valence-corrected chi connectivity index (χ3v) is 3.92. The Labute approximate surface area is 106 Å². The number of hydrogen-bond donors (Lipinski definition) is 1. The summed E-state index contributed by atoms with van der Waals surface area (Å²) in [6.07, 6.45) is 3.88. The van der Waals surface area contributed by atoms with Crippen molar-refractivity contribution in [2.75, 3.05) is 23.7 Å². The lowest BCUT2D eigenvalue weighted by Crippen LogP contribution is -2.29. The van der Waals surface area contributed by atoms with Crippen LogP contribution in [0.25, 0.3) is 0 Å². The van der Waals surface area contributed by atoms with Gasteiger partial charge in [0.05, 0.1) is 5.75 Å². The fourth-order valence-corrected chi connectivity index (χ4v) is 2.67. The molecule has 17 heavy (non-hydrogen) atoms. The molecule has 1 aliphatic rings. The molecule has 1 heterocycles. The van der Waals surface area contributed by atoms with Crippen molar-refractivity contribution in [3.8, 4) is 0 Å². The van der Waals surface area contributed by atoms with Crippen molar-refractivity contribution in [2.45, 2.75) is 24.2 Å². The lowest BCUT2D eigenvalue weighted by molar-refractivity contribution is -0.133. The molecular formula is C13H17NO2S. The summed E-state index contributed by atoms with van der Waals surface area (Å²) in [7, 11) is 0. The second-order valence-corrected chi connectivity index (χ2v) is 5.27. The number of thioether (sulfide) groups is 1. The highest BCUT2D eigenvalue weighted by molar-refractivity contribution is 8.00. The summed E-state index contributed by atoms with van der Waals surface area (Å²) in [5, 5.41) is 8.60. The highest BCUT2D eigenvalue weighted by Crippen LogP contribution is 2.24. The van der Waals surface area contributed by atoms with Gasteiger partial charge in [-0.15, -0.1) is 11.8 Å². The standard InChI is InChI=1S/C13H17NO2S/c15-13(16)10-17-12-6-4-11(5-7-12)14-8-2-1-3-9-14/h4-7H,1-3,8-10H2,(H,15,16). The SMILES string of the molecule is O=C(O)CSc1ccc(N2CCCCC2)cc1. The number of hydrogen-bond acceptors (Lipinski definition) is 3. The van der Waals surface area contributed by atoms with Gasteiger partial charge in [0.2, 0.25) is 0 Å². The number of benzene rings is 1. The molecule has 1 aromatic rings. The number of nitrogens with zero attached hydrogens (tertiary/aromatic N) is 1. The fraction of sp³-hybridized carbons (Fsp3) is 0.462. The number of carboxylic acid groups (broad SMARTS) is 1. The molecule has 1 N–H and O–H groups in total. The van der Waals surface area contributed by atoms with Crippen molar-refractivity contribution in [3.63, 3.8) is 0 Å². The zero-order valence-electron chi connectivity index (χ0n) is 9.76. The Balaban J connectivity index is 1.94.